The van der Waals surface area contributed by atoms with Gasteiger partial charge in [0.2, 0.25) is 24.3 Å². The van der Waals surface area contributed by atoms with Gasteiger partial charge in [0, 0.05) is 150 Å². The zero-order chi connectivity index (χ0) is 89.1. The van der Waals surface area contributed by atoms with Gasteiger partial charge < -0.3 is 63.2 Å². The number of ether oxygens (including phenoxy) is 3. The zero-order valence-electron chi connectivity index (χ0n) is 70.6. The molecule has 6 saturated heterocycles. The first-order chi connectivity index (χ1) is 60.6. The molecule has 9 aliphatic rings. The van der Waals surface area contributed by atoms with Crippen molar-refractivity contribution >= 4 is 103 Å². The number of likely N-dealkylation sites (tertiary alicyclic amines) is 3. The van der Waals surface area contributed by atoms with E-state index in [0.717, 1.165) is 102 Å². The van der Waals surface area contributed by atoms with Crippen LogP contribution in [0.25, 0.3) is 70.9 Å². The Morgan fingerprint density at radius 1 is 0.437 bits per heavy atom. The number of halogens is 9. The van der Waals surface area contributed by atoms with Crippen LogP contribution in [0.5, 0.6) is 17.2 Å². The highest BCUT2D eigenvalue weighted by Crippen LogP contribution is 2.52. The van der Waals surface area contributed by atoms with E-state index in [1.54, 1.807) is 46.6 Å². The summed E-state index contributed by atoms with van der Waals surface area (Å²) in [5, 5.41) is 2.31. The van der Waals surface area contributed by atoms with Crippen LogP contribution in [0.3, 0.4) is 0 Å². The van der Waals surface area contributed by atoms with Crippen LogP contribution >= 0.6 is 34.8 Å². The van der Waals surface area contributed by atoms with Crippen molar-refractivity contribution in [3.8, 4) is 50.6 Å². The molecule has 0 radical (unpaired) electrons. The fraction of sp³-hybridized carbons (Fsp3) is 0.435. The lowest BCUT2D eigenvalue weighted by Crippen LogP contribution is -2.60. The second-order valence-corrected chi connectivity index (χ2v) is 35.2. The van der Waals surface area contributed by atoms with Gasteiger partial charge in [0.1, 0.15) is 78.2 Å². The highest BCUT2D eigenvalue weighted by molar-refractivity contribution is 6.36. The molecule has 0 aliphatic carbocycles. The van der Waals surface area contributed by atoms with Crippen LogP contribution in [-0.4, -0.2) is 237 Å². The minimum atomic E-state index is -0.803. The minimum Gasteiger partial charge on any atom is -0.488 e. The van der Waals surface area contributed by atoms with Crippen LogP contribution in [-0.2, 0) is 14.4 Å². The number of nitrogens with zero attached hydrogens (tertiary/aromatic N) is 16. The Morgan fingerprint density at radius 3 is 1.07 bits per heavy atom. The Hall–Kier alpha value is -11.0. The normalized spacial score (nSPS) is 22.1. The zero-order valence-corrected chi connectivity index (χ0v) is 72.9. The molecule has 34 heteroatoms. The van der Waals surface area contributed by atoms with Gasteiger partial charge in [-0.3, -0.25) is 28.1 Å². The molecule has 0 N–H and O–H groups in total. The summed E-state index contributed by atoms with van der Waals surface area (Å²) in [5.41, 5.74) is 1.11. The smallest absolute Gasteiger partial charge is 0.350 e. The van der Waals surface area contributed by atoms with Crippen LogP contribution in [0.1, 0.15) is 97.7 Å². The summed E-state index contributed by atoms with van der Waals surface area (Å²) in [6, 6.07) is 12.7. The number of hydrogen-bond donors (Lipinski definition) is 0. The van der Waals surface area contributed by atoms with Gasteiger partial charge in [-0.2, -0.15) is 15.0 Å². The number of anilines is 3. The SMILES string of the molecule is C=CC(=O)N1C[C@H](C)N(c2nc(=O)n3c4c(c(-c5ccc(F)cc5F)c(Cl)cc24)OCC3CCCN2CCC2)C[C@H]1C.C=CC(=O)N1C[C@H](C)N(c2nc(=O)n3c4c(c(-c5ccc(F)cc5F)c(Cl)cc24)OCC3CCN2CCC2)C[C@H]1C.[C-]#[N+]C[C@H]1CN(c2nc(=O)n3c4c(c(-c5ccc(F)cc5F)c(Cl)cc24)OCC3CCN2CCC2)C(C)CN1C(=O)C=C. The lowest BCUT2D eigenvalue weighted by molar-refractivity contribution is -0.129. The van der Waals surface area contributed by atoms with Gasteiger partial charge in [0.25, 0.3) is 0 Å². The quantitative estimate of drug-likeness (QED) is 0.0393. The maximum Gasteiger partial charge on any atom is 0.350 e. The van der Waals surface area contributed by atoms with Gasteiger partial charge in [0.05, 0.1) is 49.7 Å². The Morgan fingerprint density at radius 2 is 0.754 bits per heavy atom. The average Bonchev–Trinajstić information content (AvgIpc) is 0.727. The lowest BCUT2D eigenvalue weighted by Gasteiger charge is -2.45. The molecule has 126 heavy (non-hydrogen) atoms. The standard InChI is InChI=1S/C31H31ClF2N6O3.C31H34ClF2N5O3.C30H32ClF2N5O3/c1-4-26(41)39-15-18(2)38(16-21(39)14-35-3)30-23-13-24(32)27(22-7-6-19(33)12-25(22)34)29-28(23)40(31(42)36-30)20(17-43-29)8-11-37-9-5-10-37;1-4-26(40)37-15-19(3)38(16-18(37)2)30-23-14-24(32)27(22-9-8-20(33)13-25(22)34)29-28(23)39(31(41)35-30)21(17-42-29)7-5-10-36-11-6-12-36;1-4-25(39)36-14-18(3)37(15-17(36)2)29-22-13-23(31)26(21-7-6-19(32)12-24(21)33)28-27(22)38(30(40)34-29)20(16-41-28)8-11-35-9-5-10-35/h4,6-7,12-13,18,20-21H,1,5,8-11,14-17H2,2H3;4,8-9,13-14,18-19,21H,1,5-7,10-12,15-17H2,2-3H3;4,6-7,12-13,17-18,20H,1,5,8-11,14-16H2,2-3H3/t18?,20?,21-;18-,19+,21?;17-,18+,20?/m011/s1. The van der Waals surface area contributed by atoms with Crippen molar-refractivity contribution in [1.82, 2.24) is 58.1 Å². The highest BCUT2D eigenvalue weighted by atomic mass is 35.5. The fourth-order valence-corrected chi connectivity index (χ4v) is 19.9. The van der Waals surface area contributed by atoms with Crippen molar-refractivity contribution in [2.75, 3.05) is 139 Å². The maximum absolute atomic E-state index is 15.1. The number of hydrogen-bond acceptors (Lipinski definition) is 18. The molecular weight excluding hydrogens is 1690 g/mol. The number of amides is 3. The number of carbonyl (C=O) groups is 3. The van der Waals surface area contributed by atoms with Crippen LogP contribution in [0, 0.1) is 41.5 Å². The summed E-state index contributed by atoms with van der Waals surface area (Å²) >= 11 is 20.5. The van der Waals surface area contributed by atoms with Crippen LogP contribution in [0.2, 0.25) is 15.1 Å². The maximum atomic E-state index is 15.1. The molecule has 3 amide bonds. The fourth-order valence-electron chi connectivity index (χ4n) is 19.0. The van der Waals surface area contributed by atoms with Crippen molar-refractivity contribution in [3.05, 3.63) is 204 Å². The van der Waals surface area contributed by atoms with Crippen molar-refractivity contribution in [2.45, 2.75) is 134 Å². The van der Waals surface area contributed by atoms with Gasteiger partial charge in [-0.15, -0.1) is 0 Å². The molecule has 662 valence electrons. The third-order valence-electron chi connectivity index (χ3n) is 26.0. The van der Waals surface area contributed by atoms with E-state index in [1.165, 1.54) is 55.0 Å². The molecule has 4 unspecified atom stereocenters. The second-order valence-electron chi connectivity index (χ2n) is 34.0. The molecule has 0 bridgehead atoms. The first-order valence-electron chi connectivity index (χ1n) is 42.8. The van der Waals surface area contributed by atoms with E-state index in [1.807, 2.05) is 49.3 Å². The van der Waals surface area contributed by atoms with Gasteiger partial charge in [-0.05, 0) is 198 Å². The van der Waals surface area contributed by atoms with Gasteiger partial charge in [0.15, 0.2) is 17.2 Å². The average molecular weight is 1790 g/mol. The molecule has 0 saturated carbocycles. The summed E-state index contributed by atoms with van der Waals surface area (Å²) in [6.45, 7) is 39.8. The van der Waals surface area contributed by atoms with E-state index in [9.17, 15) is 41.9 Å². The largest absolute Gasteiger partial charge is 0.488 e. The van der Waals surface area contributed by atoms with Crippen molar-refractivity contribution in [2.24, 2.45) is 0 Å². The molecule has 18 rings (SSSR count). The predicted octanol–water partition coefficient (Wildman–Crippen LogP) is 14.2. The molecule has 9 aromatic rings. The Bertz CT molecular complexity index is 6100. The minimum absolute atomic E-state index is 0.0572. The first kappa shape index (κ1) is 88.4. The Labute approximate surface area is 739 Å². The first-order valence-corrected chi connectivity index (χ1v) is 43.9. The van der Waals surface area contributed by atoms with Crippen LogP contribution < -0.4 is 46.0 Å². The Balaban J connectivity index is 0.000000139. The van der Waals surface area contributed by atoms with Crippen molar-refractivity contribution in [3.63, 3.8) is 0 Å². The van der Waals surface area contributed by atoms with Gasteiger partial charge in [-0.25, -0.2) is 47.3 Å². The molecule has 25 nitrogen and oxygen atoms in total. The lowest BCUT2D eigenvalue weighted by atomic mass is 9.98. The molecule has 0 spiro atoms. The summed E-state index contributed by atoms with van der Waals surface area (Å²) in [5.74, 6) is -3.03. The van der Waals surface area contributed by atoms with E-state index in [2.05, 4.69) is 54.2 Å². The summed E-state index contributed by atoms with van der Waals surface area (Å²) in [4.78, 5) is 114. The number of benzene rings is 6. The van der Waals surface area contributed by atoms with E-state index < -0.39 is 58.0 Å². The van der Waals surface area contributed by atoms with E-state index in [0.29, 0.717) is 102 Å². The van der Waals surface area contributed by atoms with Gasteiger partial charge in [-0.1, -0.05) is 54.5 Å². The summed E-state index contributed by atoms with van der Waals surface area (Å²) < 4.78 is 111. The predicted molar refractivity (Wildman–Crippen MR) is 475 cm³/mol. The molecular formula is C92H97Cl3F6N16O9. The monoisotopic (exact) mass is 1790 g/mol. The third-order valence-corrected chi connectivity index (χ3v) is 26.9. The number of rotatable bonds is 20. The number of aromatic nitrogens is 6. The molecule has 12 heterocycles. The molecule has 9 aliphatic heterocycles. The topological polar surface area (TPSA) is 217 Å². The van der Waals surface area contributed by atoms with Crippen LogP contribution in [0.4, 0.5) is 43.8 Å². The third kappa shape index (κ3) is 16.9. The molecule has 3 aromatic heterocycles. The van der Waals surface area contributed by atoms with E-state index in [-0.39, 0.29) is 165 Å². The van der Waals surface area contributed by atoms with Crippen molar-refractivity contribution in [1.29, 1.82) is 0 Å². The summed E-state index contributed by atoms with van der Waals surface area (Å²) in [7, 11) is 0. The van der Waals surface area contributed by atoms with E-state index >= 15 is 13.2 Å². The molecule has 6 aromatic carbocycles. The van der Waals surface area contributed by atoms with Crippen LogP contribution in [0.15, 0.2) is 125 Å². The second kappa shape index (κ2) is 36.8. The van der Waals surface area contributed by atoms with E-state index in [4.69, 9.17) is 55.6 Å². The molecule has 6 fully saturated rings. The number of carbonyl (C=O) groups excluding carboxylic acids is 3. The Kier molecular flexibility index (Phi) is 25.8. The summed E-state index contributed by atoms with van der Waals surface area (Å²) in [6.07, 6.45) is 10.3. The molecule has 9 atom stereocenters. The van der Waals surface area contributed by atoms with Gasteiger partial charge >= 0.3 is 17.1 Å². The highest BCUT2D eigenvalue weighted by Gasteiger charge is 2.43. The van der Waals surface area contributed by atoms with Crippen molar-refractivity contribution < 1.29 is 54.9 Å². The number of piperazine rings is 3.